The van der Waals surface area contributed by atoms with E-state index in [4.69, 9.17) is 11.6 Å². The molecule has 0 saturated carbocycles. The molecular formula is C13H20ClN. The minimum atomic E-state index is 0.581. The van der Waals surface area contributed by atoms with Crippen LogP contribution in [0.1, 0.15) is 31.4 Å². The lowest BCUT2D eigenvalue weighted by Crippen LogP contribution is -2.23. The van der Waals surface area contributed by atoms with E-state index < -0.39 is 0 Å². The van der Waals surface area contributed by atoms with Crippen molar-refractivity contribution in [3.8, 4) is 0 Å². The monoisotopic (exact) mass is 225 g/mol. The summed E-state index contributed by atoms with van der Waals surface area (Å²) in [6.45, 7) is 7.48. The van der Waals surface area contributed by atoms with Crippen LogP contribution in [0.5, 0.6) is 0 Å². The van der Waals surface area contributed by atoms with Crippen molar-refractivity contribution in [1.29, 1.82) is 0 Å². The standard InChI is InChI=1S/C13H20ClN/c1-10(2)15-8-4-5-12-6-7-13(14)11(3)9-12/h6-7,9-10,15H,4-5,8H2,1-3H3. The summed E-state index contributed by atoms with van der Waals surface area (Å²) in [5.74, 6) is 0. The van der Waals surface area contributed by atoms with Crippen molar-refractivity contribution >= 4 is 11.6 Å². The molecule has 0 aliphatic carbocycles. The van der Waals surface area contributed by atoms with Crippen LogP contribution in [0.25, 0.3) is 0 Å². The highest BCUT2D eigenvalue weighted by Crippen LogP contribution is 2.16. The van der Waals surface area contributed by atoms with Gasteiger partial charge in [0.15, 0.2) is 0 Å². The molecule has 0 aliphatic heterocycles. The number of nitrogens with one attached hydrogen (secondary N) is 1. The Balaban J connectivity index is 2.35. The van der Waals surface area contributed by atoms with E-state index in [0.29, 0.717) is 6.04 Å². The molecule has 0 atom stereocenters. The van der Waals surface area contributed by atoms with Gasteiger partial charge in [-0.2, -0.15) is 0 Å². The molecule has 0 radical (unpaired) electrons. The van der Waals surface area contributed by atoms with Gasteiger partial charge in [-0.05, 0) is 43.5 Å². The van der Waals surface area contributed by atoms with Gasteiger partial charge < -0.3 is 5.32 Å². The zero-order valence-electron chi connectivity index (χ0n) is 9.81. The molecule has 0 fully saturated rings. The fourth-order valence-electron chi connectivity index (χ4n) is 1.55. The van der Waals surface area contributed by atoms with E-state index >= 15 is 0 Å². The average molecular weight is 226 g/mol. The highest BCUT2D eigenvalue weighted by molar-refractivity contribution is 6.31. The zero-order valence-corrected chi connectivity index (χ0v) is 10.6. The van der Waals surface area contributed by atoms with E-state index in [1.807, 2.05) is 6.07 Å². The van der Waals surface area contributed by atoms with Crippen LogP contribution in [0.4, 0.5) is 0 Å². The summed E-state index contributed by atoms with van der Waals surface area (Å²) in [7, 11) is 0. The summed E-state index contributed by atoms with van der Waals surface area (Å²) in [6, 6.07) is 6.86. The lowest BCUT2D eigenvalue weighted by atomic mass is 10.1. The molecule has 0 bridgehead atoms. The summed E-state index contributed by atoms with van der Waals surface area (Å²) in [4.78, 5) is 0. The molecule has 1 aromatic carbocycles. The van der Waals surface area contributed by atoms with E-state index in [0.717, 1.165) is 18.0 Å². The van der Waals surface area contributed by atoms with Crippen LogP contribution in [-0.4, -0.2) is 12.6 Å². The number of hydrogen-bond acceptors (Lipinski definition) is 1. The first-order valence-corrected chi connectivity index (χ1v) is 5.96. The normalized spacial score (nSPS) is 11.0. The summed E-state index contributed by atoms with van der Waals surface area (Å²) in [5.41, 5.74) is 2.55. The third kappa shape index (κ3) is 4.67. The largest absolute Gasteiger partial charge is 0.315 e. The van der Waals surface area contributed by atoms with Crippen LogP contribution in [0.15, 0.2) is 18.2 Å². The van der Waals surface area contributed by atoms with Gasteiger partial charge in [0.05, 0.1) is 0 Å². The summed E-state index contributed by atoms with van der Waals surface area (Å²) in [5, 5.41) is 4.28. The molecule has 1 N–H and O–H groups in total. The summed E-state index contributed by atoms with van der Waals surface area (Å²) in [6.07, 6.45) is 2.30. The van der Waals surface area contributed by atoms with Crippen molar-refractivity contribution in [2.24, 2.45) is 0 Å². The molecule has 2 heteroatoms. The van der Waals surface area contributed by atoms with Gasteiger partial charge in [0, 0.05) is 11.1 Å². The summed E-state index contributed by atoms with van der Waals surface area (Å²) < 4.78 is 0. The lowest BCUT2D eigenvalue weighted by molar-refractivity contribution is 0.570. The molecule has 84 valence electrons. The Labute approximate surface area is 97.8 Å². The highest BCUT2D eigenvalue weighted by atomic mass is 35.5. The fourth-order valence-corrected chi connectivity index (χ4v) is 1.66. The maximum atomic E-state index is 5.97. The Morgan fingerprint density at radius 1 is 1.33 bits per heavy atom. The van der Waals surface area contributed by atoms with Crippen LogP contribution < -0.4 is 5.32 Å². The van der Waals surface area contributed by atoms with Crippen LogP contribution in [0.3, 0.4) is 0 Å². The first-order chi connectivity index (χ1) is 7.09. The van der Waals surface area contributed by atoms with Crippen LogP contribution >= 0.6 is 11.6 Å². The van der Waals surface area contributed by atoms with E-state index in [9.17, 15) is 0 Å². The third-order valence-electron chi connectivity index (χ3n) is 2.42. The van der Waals surface area contributed by atoms with Gasteiger partial charge >= 0.3 is 0 Å². The molecule has 1 nitrogen and oxygen atoms in total. The minimum Gasteiger partial charge on any atom is -0.315 e. The molecule has 0 aliphatic rings. The molecule has 1 rings (SSSR count). The Morgan fingerprint density at radius 3 is 2.67 bits per heavy atom. The Hall–Kier alpha value is -0.530. The Kier molecular flexibility index (Phi) is 5.13. The van der Waals surface area contributed by atoms with Gasteiger partial charge in [0.2, 0.25) is 0 Å². The molecule has 0 saturated heterocycles. The molecule has 0 aromatic heterocycles. The topological polar surface area (TPSA) is 12.0 Å². The van der Waals surface area contributed by atoms with E-state index in [2.05, 4.69) is 38.2 Å². The van der Waals surface area contributed by atoms with E-state index in [1.165, 1.54) is 17.5 Å². The number of halogens is 1. The molecule has 0 heterocycles. The highest BCUT2D eigenvalue weighted by Gasteiger charge is 1.98. The predicted molar refractivity (Wildman–Crippen MR) is 67.6 cm³/mol. The number of aryl methyl sites for hydroxylation is 2. The number of rotatable bonds is 5. The second-order valence-corrected chi connectivity index (χ2v) is 4.70. The maximum absolute atomic E-state index is 5.97. The average Bonchev–Trinajstić information content (AvgIpc) is 2.18. The molecule has 0 amide bonds. The van der Waals surface area contributed by atoms with Gasteiger partial charge in [-0.15, -0.1) is 0 Å². The lowest BCUT2D eigenvalue weighted by Gasteiger charge is -2.08. The van der Waals surface area contributed by atoms with Crippen molar-refractivity contribution in [1.82, 2.24) is 5.32 Å². The van der Waals surface area contributed by atoms with E-state index in [1.54, 1.807) is 0 Å². The minimum absolute atomic E-state index is 0.581. The predicted octanol–water partition coefficient (Wildman–Crippen LogP) is 3.58. The van der Waals surface area contributed by atoms with Gasteiger partial charge in [-0.1, -0.05) is 37.6 Å². The van der Waals surface area contributed by atoms with Crippen molar-refractivity contribution in [3.63, 3.8) is 0 Å². The SMILES string of the molecule is Cc1cc(CCCNC(C)C)ccc1Cl. The first-order valence-electron chi connectivity index (χ1n) is 5.58. The Bertz CT molecular complexity index is 307. The van der Waals surface area contributed by atoms with Gasteiger partial charge in [-0.25, -0.2) is 0 Å². The molecule has 15 heavy (non-hydrogen) atoms. The fraction of sp³-hybridized carbons (Fsp3) is 0.538. The zero-order chi connectivity index (χ0) is 11.3. The van der Waals surface area contributed by atoms with Gasteiger partial charge in [-0.3, -0.25) is 0 Å². The molecular weight excluding hydrogens is 206 g/mol. The van der Waals surface area contributed by atoms with Crippen LogP contribution in [0, 0.1) is 6.92 Å². The van der Waals surface area contributed by atoms with Crippen LogP contribution in [-0.2, 0) is 6.42 Å². The maximum Gasteiger partial charge on any atom is 0.0435 e. The molecule has 0 spiro atoms. The summed E-state index contributed by atoms with van der Waals surface area (Å²) >= 11 is 5.97. The Morgan fingerprint density at radius 2 is 2.07 bits per heavy atom. The smallest absolute Gasteiger partial charge is 0.0435 e. The number of benzene rings is 1. The molecule has 0 unspecified atom stereocenters. The quantitative estimate of drug-likeness (QED) is 0.756. The number of hydrogen-bond donors (Lipinski definition) is 1. The van der Waals surface area contributed by atoms with Gasteiger partial charge in [0.1, 0.15) is 0 Å². The van der Waals surface area contributed by atoms with Crippen molar-refractivity contribution in [2.45, 2.75) is 39.7 Å². The van der Waals surface area contributed by atoms with Crippen molar-refractivity contribution < 1.29 is 0 Å². The van der Waals surface area contributed by atoms with Crippen molar-refractivity contribution in [3.05, 3.63) is 34.3 Å². The van der Waals surface area contributed by atoms with Gasteiger partial charge in [0.25, 0.3) is 0 Å². The molecule has 1 aromatic rings. The van der Waals surface area contributed by atoms with Crippen molar-refractivity contribution in [2.75, 3.05) is 6.54 Å². The van der Waals surface area contributed by atoms with E-state index in [-0.39, 0.29) is 0 Å². The first kappa shape index (κ1) is 12.5. The second kappa shape index (κ2) is 6.14. The van der Waals surface area contributed by atoms with Crippen LogP contribution in [0.2, 0.25) is 5.02 Å². The second-order valence-electron chi connectivity index (χ2n) is 4.30. The third-order valence-corrected chi connectivity index (χ3v) is 2.84.